The average Bonchev–Trinajstić information content (AvgIpc) is 2.75. The molecule has 0 radical (unpaired) electrons. The van der Waals surface area contributed by atoms with Gasteiger partial charge in [0.1, 0.15) is 6.54 Å². The monoisotopic (exact) mass is 308 g/mol. The fourth-order valence-electron chi connectivity index (χ4n) is 2.67. The number of rotatable bonds is 3. The molecule has 1 amide bonds. The van der Waals surface area contributed by atoms with Gasteiger partial charge in [0.05, 0.1) is 12.8 Å². The van der Waals surface area contributed by atoms with Gasteiger partial charge in [-0.25, -0.2) is 4.79 Å². The lowest BCUT2D eigenvalue weighted by Crippen LogP contribution is -2.40. The first-order valence-electron chi connectivity index (χ1n) is 7.26. The van der Waals surface area contributed by atoms with Gasteiger partial charge in [-0.15, -0.1) is 0 Å². The van der Waals surface area contributed by atoms with Gasteiger partial charge in [0.15, 0.2) is 6.04 Å². The zero-order chi connectivity index (χ0) is 16.2. The van der Waals surface area contributed by atoms with Crippen LogP contribution in [0.4, 0.5) is 5.69 Å². The van der Waals surface area contributed by atoms with E-state index < -0.39 is 12.0 Å². The first kappa shape index (κ1) is 15.0. The fraction of sp³-hybridized carbons (Fsp3) is 0.167. The number of esters is 1. The molecule has 23 heavy (non-hydrogen) atoms. The van der Waals surface area contributed by atoms with E-state index in [-0.39, 0.29) is 12.5 Å². The van der Waals surface area contributed by atoms with Crippen molar-refractivity contribution >= 4 is 23.8 Å². The van der Waals surface area contributed by atoms with Crippen LogP contribution in [0.2, 0.25) is 0 Å². The van der Waals surface area contributed by atoms with E-state index in [4.69, 9.17) is 4.74 Å². The average molecular weight is 308 g/mol. The third kappa shape index (κ3) is 2.85. The second-order valence-corrected chi connectivity index (χ2v) is 5.13. The predicted molar refractivity (Wildman–Crippen MR) is 87.6 cm³/mol. The van der Waals surface area contributed by atoms with E-state index in [9.17, 15) is 9.59 Å². The fourth-order valence-corrected chi connectivity index (χ4v) is 2.67. The number of benzodiazepines with no additional fused rings is 1. The quantitative estimate of drug-likeness (QED) is 0.818. The molecule has 1 aliphatic rings. The molecule has 3 rings (SSSR count). The zero-order valence-electron chi connectivity index (χ0n) is 12.7. The molecule has 0 aliphatic carbocycles. The molecule has 5 nitrogen and oxygen atoms in total. The Labute approximate surface area is 134 Å². The molecule has 1 aliphatic heterocycles. The van der Waals surface area contributed by atoms with Gasteiger partial charge < -0.3 is 4.74 Å². The van der Waals surface area contributed by atoms with Crippen LogP contribution in [-0.2, 0) is 14.3 Å². The van der Waals surface area contributed by atoms with Gasteiger partial charge in [-0.3, -0.25) is 14.7 Å². The summed E-state index contributed by atoms with van der Waals surface area (Å²) in [7, 11) is 1.32. The minimum atomic E-state index is -0.837. The van der Waals surface area contributed by atoms with Gasteiger partial charge in [-0.05, 0) is 11.6 Å². The number of carbonyl (C=O) groups is 2. The van der Waals surface area contributed by atoms with Crippen molar-refractivity contribution in [3.05, 3.63) is 65.7 Å². The lowest BCUT2D eigenvalue weighted by Gasteiger charge is -2.30. The summed E-state index contributed by atoms with van der Waals surface area (Å²) in [6.45, 7) is -0.00495. The van der Waals surface area contributed by atoms with Crippen LogP contribution < -0.4 is 4.90 Å². The Balaban J connectivity index is 2.15. The molecule has 116 valence electrons. The molecule has 1 unspecified atom stereocenters. The first-order valence-corrected chi connectivity index (χ1v) is 7.26. The van der Waals surface area contributed by atoms with Crippen LogP contribution in [-0.4, -0.2) is 31.7 Å². The highest BCUT2D eigenvalue weighted by molar-refractivity contribution is 6.07. The Bertz CT molecular complexity index is 756. The van der Waals surface area contributed by atoms with Crippen LogP contribution in [0.25, 0.3) is 0 Å². The maximum absolute atomic E-state index is 12.6. The highest BCUT2D eigenvalue weighted by Crippen LogP contribution is 2.31. The van der Waals surface area contributed by atoms with E-state index in [1.165, 1.54) is 12.0 Å². The van der Waals surface area contributed by atoms with Gasteiger partial charge in [0, 0.05) is 11.8 Å². The maximum atomic E-state index is 12.6. The topological polar surface area (TPSA) is 59.0 Å². The van der Waals surface area contributed by atoms with Gasteiger partial charge in [-0.1, -0.05) is 48.5 Å². The highest BCUT2D eigenvalue weighted by Gasteiger charge is 2.34. The Morgan fingerprint density at radius 1 is 1.13 bits per heavy atom. The van der Waals surface area contributed by atoms with Crippen molar-refractivity contribution in [1.82, 2.24) is 0 Å². The molecule has 0 N–H and O–H groups in total. The number of benzene rings is 2. The van der Waals surface area contributed by atoms with Crippen LogP contribution >= 0.6 is 0 Å². The standard InChI is InChI=1S/C18H16N2O3/c1-23-18(22)17(13-7-3-2-4-8-13)20-15-10-6-5-9-14(15)11-19-12-16(20)21/h2-11,17H,12H2,1H3. The summed E-state index contributed by atoms with van der Waals surface area (Å²) in [6, 6.07) is 15.7. The number of aliphatic imine (C=N–C) groups is 1. The van der Waals surface area contributed by atoms with Gasteiger partial charge in [0.25, 0.3) is 0 Å². The summed E-state index contributed by atoms with van der Waals surface area (Å²) in [5.41, 5.74) is 2.14. The number of hydrogen-bond acceptors (Lipinski definition) is 4. The minimum absolute atomic E-state index is 0.00495. The van der Waals surface area contributed by atoms with Gasteiger partial charge >= 0.3 is 5.97 Å². The Hall–Kier alpha value is -2.95. The summed E-state index contributed by atoms with van der Waals surface area (Å²) in [6.07, 6.45) is 1.66. The third-order valence-electron chi connectivity index (χ3n) is 3.72. The van der Waals surface area contributed by atoms with Crippen LogP contribution in [0.3, 0.4) is 0 Å². The van der Waals surface area contributed by atoms with E-state index in [2.05, 4.69) is 4.99 Å². The largest absolute Gasteiger partial charge is 0.467 e. The van der Waals surface area contributed by atoms with Crippen molar-refractivity contribution in [3.8, 4) is 0 Å². The number of anilines is 1. The molecule has 0 saturated carbocycles. The van der Waals surface area contributed by atoms with Crippen molar-refractivity contribution < 1.29 is 14.3 Å². The van der Waals surface area contributed by atoms with Crippen molar-refractivity contribution in [2.75, 3.05) is 18.6 Å². The van der Waals surface area contributed by atoms with Crippen molar-refractivity contribution in [2.24, 2.45) is 4.99 Å². The van der Waals surface area contributed by atoms with Crippen LogP contribution in [0.15, 0.2) is 59.6 Å². The number of carbonyl (C=O) groups excluding carboxylic acids is 2. The van der Waals surface area contributed by atoms with E-state index >= 15 is 0 Å². The van der Waals surface area contributed by atoms with Crippen molar-refractivity contribution in [1.29, 1.82) is 0 Å². The van der Waals surface area contributed by atoms with Crippen molar-refractivity contribution in [3.63, 3.8) is 0 Å². The molecule has 0 saturated heterocycles. The second-order valence-electron chi connectivity index (χ2n) is 5.13. The van der Waals surface area contributed by atoms with E-state index in [0.29, 0.717) is 11.3 Å². The zero-order valence-corrected chi connectivity index (χ0v) is 12.7. The molecule has 0 aromatic heterocycles. The summed E-state index contributed by atoms with van der Waals surface area (Å²) >= 11 is 0. The number of amides is 1. The molecule has 0 bridgehead atoms. The molecule has 0 fully saturated rings. The minimum Gasteiger partial charge on any atom is -0.467 e. The number of ether oxygens (including phenoxy) is 1. The SMILES string of the molecule is COC(=O)C(c1ccccc1)N1C(=O)CN=Cc2ccccc21. The molecule has 0 spiro atoms. The van der Waals surface area contributed by atoms with Gasteiger partial charge in [0.2, 0.25) is 5.91 Å². The van der Waals surface area contributed by atoms with Gasteiger partial charge in [-0.2, -0.15) is 0 Å². The number of fused-ring (bicyclic) bond motifs is 1. The summed E-state index contributed by atoms with van der Waals surface area (Å²) in [4.78, 5) is 30.7. The Morgan fingerprint density at radius 3 is 2.57 bits per heavy atom. The number of methoxy groups -OCH3 is 1. The molecule has 2 aromatic carbocycles. The summed E-state index contributed by atoms with van der Waals surface area (Å²) < 4.78 is 4.95. The molecule has 5 heteroatoms. The Morgan fingerprint density at radius 2 is 1.83 bits per heavy atom. The molecule has 1 heterocycles. The van der Waals surface area contributed by atoms with E-state index in [1.807, 2.05) is 54.6 Å². The first-order chi connectivity index (χ1) is 11.2. The molecule has 1 atom stereocenters. The number of para-hydroxylation sites is 1. The Kier molecular flexibility index (Phi) is 4.19. The summed E-state index contributed by atoms with van der Waals surface area (Å²) in [5, 5.41) is 0. The smallest absolute Gasteiger partial charge is 0.333 e. The molecule has 2 aromatic rings. The van der Waals surface area contributed by atoms with E-state index in [0.717, 1.165) is 5.56 Å². The summed E-state index contributed by atoms with van der Waals surface area (Å²) in [5.74, 6) is -0.730. The van der Waals surface area contributed by atoms with Crippen LogP contribution in [0.5, 0.6) is 0 Å². The predicted octanol–water partition coefficient (Wildman–Crippen LogP) is 2.37. The molecular weight excluding hydrogens is 292 g/mol. The second kappa shape index (κ2) is 6.44. The van der Waals surface area contributed by atoms with E-state index in [1.54, 1.807) is 6.21 Å². The highest BCUT2D eigenvalue weighted by atomic mass is 16.5. The van der Waals surface area contributed by atoms with Crippen LogP contribution in [0.1, 0.15) is 17.2 Å². The lowest BCUT2D eigenvalue weighted by molar-refractivity contribution is -0.143. The van der Waals surface area contributed by atoms with Crippen LogP contribution in [0, 0.1) is 0 Å². The number of nitrogens with zero attached hydrogens (tertiary/aromatic N) is 2. The number of hydrogen-bond donors (Lipinski definition) is 0. The normalized spacial score (nSPS) is 14.8. The maximum Gasteiger partial charge on any atom is 0.333 e. The lowest BCUT2D eigenvalue weighted by atomic mass is 10.0. The molecular formula is C18H16N2O3. The van der Waals surface area contributed by atoms with Crippen molar-refractivity contribution in [2.45, 2.75) is 6.04 Å². The third-order valence-corrected chi connectivity index (χ3v) is 3.72.